The second kappa shape index (κ2) is 6.16. The molecule has 5 N–H and O–H groups in total. The molecule has 0 aliphatic carbocycles. The average molecular weight is 249 g/mol. The molecule has 2 amide bonds. The number of carbonyl (C=O) groups is 2. The highest BCUT2D eigenvalue weighted by molar-refractivity contribution is 5.96. The van der Waals surface area contributed by atoms with Gasteiger partial charge >= 0.3 is 0 Å². The van der Waals surface area contributed by atoms with E-state index in [2.05, 4.69) is 5.32 Å². The van der Waals surface area contributed by atoms with E-state index in [0.29, 0.717) is 11.3 Å². The Morgan fingerprint density at radius 3 is 2.28 bits per heavy atom. The van der Waals surface area contributed by atoms with Crippen molar-refractivity contribution in [3.05, 3.63) is 29.8 Å². The Kier molecular flexibility index (Phi) is 4.85. The van der Waals surface area contributed by atoms with E-state index < -0.39 is 11.9 Å². The number of rotatable bonds is 5. The zero-order valence-corrected chi connectivity index (χ0v) is 10.6. The molecule has 2 atom stereocenters. The normalized spacial score (nSPS) is 13.7. The van der Waals surface area contributed by atoms with Gasteiger partial charge in [0.05, 0.1) is 6.04 Å². The molecule has 0 bridgehead atoms. The van der Waals surface area contributed by atoms with Crippen LogP contribution in [-0.4, -0.2) is 17.9 Å². The van der Waals surface area contributed by atoms with Crippen molar-refractivity contribution in [2.24, 2.45) is 17.4 Å². The van der Waals surface area contributed by atoms with Gasteiger partial charge in [0.2, 0.25) is 11.8 Å². The summed E-state index contributed by atoms with van der Waals surface area (Å²) in [5.74, 6) is -0.602. The first-order chi connectivity index (χ1) is 8.45. The van der Waals surface area contributed by atoms with Crippen LogP contribution in [0.25, 0.3) is 0 Å². The first-order valence-electron chi connectivity index (χ1n) is 5.92. The summed E-state index contributed by atoms with van der Waals surface area (Å²) in [5, 5.41) is 2.71. The van der Waals surface area contributed by atoms with Gasteiger partial charge in [-0.3, -0.25) is 9.59 Å². The number of hydrogen-bond acceptors (Lipinski definition) is 3. The molecule has 0 spiro atoms. The van der Waals surface area contributed by atoms with Gasteiger partial charge in [-0.2, -0.15) is 0 Å². The fourth-order valence-electron chi connectivity index (χ4n) is 1.46. The van der Waals surface area contributed by atoms with Crippen LogP contribution < -0.4 is 16.8 Å². The molecule has 0 saturated carbocycles. The summed E-state index contributed by atoms with van der Waals surface area (Å²) in [5.41, 5.74) is 11.9. The molecule has 0 heterocycles. The van der Waals surface area contributed by atoms with Crippen molar-refractivity contribution in [2.45, 2.75) is 26.3 Å². The fourth-order valence-corrected chi connectivity index (χ4v) is 1.46. The lowest BCUT2D eigenvalue weighted by molar-refractivity contribution is -0.118. The molecule has 0 fully saturated rings. The zero-order chi connectivity index (χ0) is 13.7. The first kappa shape index (κ1) is 14.2. The summed E-state index contributed by atoms with van der Waals surface area (Å²) < 4.78 is 0. The summed E-state index contributed by atoms with van der Waals surface area (Å²) in [7, 11) is 0. The van der Waals surface area contributed by atoms with Crippen molar-refractivity contribution in [3.8, 4) is 0 Å². The lowest BCUT2D eigenvalue weighted by atomic mass is 9.99. The number of nitrogens with two attached hydrogens (primary N) is 2. The number of primary amides is 1. The summed E-state index contributed by atoms with van der Waals surface area (Å²) in [6.45, 7) is 3.92. The van der Waals surface area contributed by atoms with E-state index in [4.69, 9.17) is 11.5 Å². The highest BCUT2D eigenvalue weighted by atomic mass is 16.2. The molecule has 98 valence electrons. The summed E-state index contributed by atoms with van der Waals surface area (Å²) in [4.78, 5) is 22.7. The van der Waals surface area contributed by atoms with E-state index in [0.717, 1.165) is 6.42 Å². The van der Waals surface area contributed by atoms with Crippen molar-refractivity contribution < 1.29 is 9.59 Å². The Hall–Kier alpha value is -1.88. The monoisotopic (exact) mass is 249 g/mol. The second-order valence-electron chi connectivity index (χ2n) is 4.34. The Bertz CT molecular complexity index is 428. The predicted molar refractivity (Wildman–Crippen MR) is 71.0 cm³/mol. The minimum atomic E-state index is -0.536. The first-order valence-corrected chi connectivity index (χ1v) is 5.92. The van der Waals surface area contributed by atoms with Crippen LogP contribution in [0.4, 0.5) is 5.69 Å². The molecule has 5 nitrogen and oxygen atoms in total. The number of hydrogen-bond donors (Lipinski definition) is 3. The van der Waals surface area contributed by atoms with E-state index in [9.17, 15) is 9.59 Å². The van der Waals surface area contributed by atoms with Gasteiger partial charge in [0, 0.05) is 11.3 Å². The average Bonchev–Trinajstić information content (AvgIpc) is 2.37. The topological polar surface area (TPSA) is 98.2 Å². The smallest absolute Gasteiger partial charge is 0.248 e. The maximum Gasteiger partial charge on any atom is 0.248 e. The van der Waals surface area contributed by atoms with E-state index in [-0.39, 0.29) is 11.8 Å². The Labute approximate surface area is 107 Å². The van der Waals surface area contributed by atoms with Crippen molar-refractivity contribution in [1.82, 2.24) is 0 Å². The van der Waals surface area contributed by atoms with Gasteiger partial charge in [-0.15, -0.1) is 0 Å². The van der Waals surface area contributed by atoms with Crippen LogP contribution in [0.1, 0.15) is 30.6 Å². The molecule has 1 unspecified atom stereocenters. The standard InChI is InChI=1S/C13H19N3O2/c1-3-8(2)11(14)13(18)16-10-6-4-9(5-7-10)12(15)17/h4-8,11H,3,14H2,1-2H3,(H2,15,17)(H,16,18)/t8?,11-/m0/s1. The second-order valence-corrected chi connectivity index (χ2v) is 4.34. The Morgan fingerprint density at radius 2 is 1.83 bits per heavy atom. The Balaban J connectivity index is 2.67. The molecular weight excluding hydrogens is 230 g/mol. The van der Waals surface area contributed by atoms with Crippen molar-refractivity contribution >= 4 is 17.5 Å². The van der Waals surface area contributed by atoms with Gasteiger partial charge in [-0.05, 0) is 30.2 Å². The lowest BCUT2D eigenvalue weighted by Crippen LogP contribution is -2.40. The minimum Gasteiger partial charge on any atom is -0.366 e. The molecule has 18 heavy (non-hydrogen) atoms. The van der Waals surface area contributed by atoms with Crippen LogP contribution in [0.3, 0.4) is 0 Å². The van der Waals surface area contributed by atoms with Gasteiger partial charge < -0.3 is 16.8 Å². The van der Waals surface area contributed by atoms with Crippen LogP contribution in [0.2, 0.25) is 0 Å². The van der Waals surface area contributed by atoms with E-state index in [1.807, 2.05) is 13.8 Å². The van der Waals surface area contributed by atoms with Crippen molar-refractivity contribution in [2.75, 3.05) is 5.32 Å². The molecule has 0 aliphatic heterocycles. The van der Waals surface area contributed by atoms with Crippen LogP contribution in [0.5, 0.6) is 0 Å². The predicted octanol–water partition coefficient (Wildman–Crippen LogP) is 1.10. The molecule has 1 rings (SSSR count). The van der Waals surface area contributed by atoms with E-state index in [1.54, 1.807) is 24.3 Å². The van der Waals surface area contributed by atoms with Gasteiger partial charge in [0.1, 0.15) is 0 Å². The molecule has 0 saturated heterocycles. The van der Waals surface area contributed by atoms with Gasteiger partial charge in [-0.25, -0.2) is 0 Å². The SMILES string of the molecule is CCC(C)[C@H](N)C(=O)Nc1ccc(C(N)=O)cc1. The number of nitrogens with one attached hydrogen (secondary N) is 1. The number of benzene rings is 1. The molecule has 0 aromatic heterocycles. The van der Waals surface area contributed by atoms with Gasteiger partial charge in [0.15, 0.2) is 0 Å². The maximum atomic E-state index is 11.8. The minimum absolute atomic E-state index is 0.120. The third kappa shape index (κ3) is 3.56. The largest absolute Gasteiger partial charge is 0.366 e. The molecule has 5 heteroatoms. The van der Waals surface area contributed by atoms with Crippen LogP contribution in [0, 0.1) is 5.92 Å². The Morgan fingerprint density at radius 1 is 1.28 bits per heavy atom. The highest BCUT2D eigenvalue weighted by Crippen LogP contribution is 2.12. The third-order valence-corrected chi connectivity index (χ3v) is 3.00. The molecule has 1 aromatic rings. The quantitative estimate of drug-likeness (QED) is 0.728. The van der Waals surface area contributed by atoms with Crippen LogP contribution >= 0.6 is 0 Å². The summed E-state index contributed by atoms with van der Waals surface area (Å²) in [6, 6.07) is 5.84. The van der Waals surface area contributed by atoms with Crippen molar-refractivity contribution in [3.63, 3.8) is 0 Å². The molecule has 0 aliphatic rings. The number of amides is 2. The third-order valence-electron chi connectivity index (χ3n) is 3.00. The molecular formula is C13H19N3O2. The number of carbonyl (C=O) groups excluding carboxylic acids is 2. The van der Waals surface area contributed by atoms with E-state index in [1.165, 1.54) is 0 Å². The van der Waals surface area contributed by atoms with E-state index >= 15 is 0 Å². The van der Waals surface area contributed by atoms with Crippen LogP contribution in [0.15, 0.2) is 24.3 Å². The fraction of sp³-hybridized carbons (Fsp3) is 0.385. The molecule has 0 radical (unpaired) electrons. The number of anilines is 1. The highest BCUT2D eigenvalue weighted by Gasteiger charge is 2.19. The van der Waals surface area contributed by atoms with Gasteiger partial charge in [0.25, 0.3) is 0 Å². The lowest BCUT2D eigenvalue weighted by Gasteiger charge is -2.17. The maximum absolute atomic E-state index is 11.8. The zero-order valence-electron chi connectivity index (χ0n) is 10.6. The van der Waals surface area contributed by atoms with Crippen molar-refractivity contribution in [1.29, 1.82) is 0 Å². The van der Waals surface area contributed by atoms with Gasteiger partial charge in [-0.1, -0.05) is 20.3 Å². The summed E-state index contributed by atoms with van der Waals surface area (Å²) >= 11 is 0. The van der Waals surface area contributed by atoms with Crippen LogP contribution in [-0.2, 0) is 4.79 Å². The molecule has 1 aromatic carbocycles. The summed E-state index contributed by atoms with van der Waals surface area (Å²) in [6.07, 6.45) is 0.842.